The Hall–Kier alpha value is -2.69. The summed E-state index contributed by atoms with van der Waals surface area (Å²) in [4.78, 5) is 1.65. The molecular weight excluding hydrogens is 262 g/mol. The number of aryl methyl sites for hydroxylation is 2. The topological polar surface area (TPSA) is 69.6 Å². The molecule has 3 aromatic rings. The second kappa shape index (κ2) is 6.17. The van der Waals surface area contributed by atoms with E-state index >= 15 is 0 Å². The smallest absolute Gasteiger partial charge is 0.204 e. The maximum absolute atomic E-state index is 5.67. The van der Waals surface area contributed by atoms with Crippen molar-refractivity contribution in [3.8, 4) is 11.4 Å². The second-order valence-corrected chi connectivity index (χ2v) is 4.92. The Morgan fingerprint density at radius 1 is 0.952 bits per heavy atom. The largest absolute Gasteiger partial charge is 0.399 e. The molecule has 5 nitrogen and oxygen atoms in total. The summed E-state index contributed by atoms with van der Waals surface area (Å²) in [5.74, 6) is 0.670. The molecule has 0 bridgehead atoms. The van der Waals surface area contributed by atoms with Crippen LogP contribution in [0.25, 0.3) is 11.4 Å². The molecule has 1 aromatic heterocycles. The molecule has 0 spiro atoms. The van der Waals surface area contributed by atoms with Gasteiger partial charge < -0.3 is 5.73 Å². The molecule has 0 fully saturated rings. The van der Waals surface area contributed by atoms with E-state index in [2.05, 4.69) is 27.5 Å². The molecule has 106 valence electrons. The van der Waals surface area contributed by atoms with Gasteiger partial charge in [0, 0.05) is 11.3 Å². The molecule has 0 atom stereocenters. The standard InChI is InChI=1S/C16H17N5/c17-15-10-8-13(9-11-15)5-4-12-21-19-16(18-20-21)14-6-2-1-3-7-14/h1-3,6-11H,4-5,12,17H2. The number of aromatic nitrogens is 4. The summed E-state index contributed by atoms with van der Waals surface area (Å²) in [6, 6.07) is 17.8. The average molecular weight is 279 g/mol. The summed E-state index contributed by atoms with van der Waals surface area (Å²) in [7, 11) is 0. The summed E-state index contributed by atoms with van der Waals surface area (Å²) in [5.41, 5.74) is 8.73. The lowest BCUT2D eigenvalue weighted by Crippen LogP contribution is -2.04. The first-order chi connectivity index (χ1) is 10.3. The predicted molar refractivity (Wildman–Crippen MR) is 82.4 cm³/mol. The van der Waals surface area contributed by atoms with Gasteiger partial charge in [0.2, 0.25) is 5.82 Å². The van der Waals surface area contributed by atoms with E-state index in [9.17, 15) is 0 Å². The van der Waals surface area contributed by atoms with Crippen LogP contribution in [0.3, 0.4) is 0 Å². The van der Waals surface area contributed by atoms with Crippen LogP contribution in [0, 0.1) is 0 Å². The van der Waals surface area contributed by atoms with Gasteiger partial charge in [-0.3, -0.25) is 0 Å². The van der Waals surface area contributed by atoms with E-state index in [0.717, 1.165) is 30.6 Å². The zero-order valence-corrected chi connectivity index (χ0v) is 11.7. The van der Waals surface area contributed by atoms with E-state index in [0.29, 0.717) is 5.82 Å². The maximum atomic E-state index is 5.67. The molecule has 21 heavy (non-hydrogen) atoms. The normalized spacial score (nSPS) is 10.7. The molecule has 2 aromatic carbocycles. The van der Waals surface area contributed by atoms with Crippen molar-refractivity contribution in [1.82, 2.24) is 20.2 Å². The summed E-state index contributed by atoms with van der Waals surface area (Å²) >= 11 is 0. The molecule has 0 aliphatic rings. The van der Waals surface area contributed by atoms with Crippen LogP contribution in [0.15, 0.2) is 54.6 Å². The minimum Gasteiger partial charge on any atom is -0.399 e. The summed E-state index contributed by atoms with van der Waals surface area (Å²) in [6.45, 7) is 0.754. The average Bonchev–Trinajstić information content (AvgIpc) is 2.99. The second-order valence-electron chi connectivity index (χ2n) is 4.92. The van der Waals surface area contributed by atoms with Gasteiger partial charge in [0.1, 0.15) is 0 Å². The SMILES string of the molecule is Nc1ccc(CCCn2nnc(-c3ccccc3)n2)cc1. The summed E-state index contributed by atoms with van der Waals surface area (Å²) in [5, 5.41) is 12.6. The number of tetrazole rings is 1. The molecule has 0 amide bonds. The minimum absolute atomic E-state index is 0.670. The van der Waals surface area contributed by atoms with Gasteiger partial charge in [-0.2, -0.15) is 4.80 Å². The Morgan fingerprint density at radius 2 is 1.71 bits per heavy atom. The number of rotatable bonds is 5. The van der Waals surface area contributed by atoms with Crippen LogP contribution in [-0.4, -0.2) is 20.2 Å². The van der Waals surface area contributed by atoms with Crippen LogP contribution in [0.1, 0.15) is 12.0 Å². The quantitative estimate of drug-likeness (QED) is 0.729. The van der Waals surface area contributed by atoms with Crippen molar-refractivity contribution in [3.63, 3.8) is 0 Å². The Balaban J connectivity index is 1.57. The molecular formula is C16H17N5. The first-order valence-corrected chi connectivity index (χ1v) is 6.99. The number of benzene rings is 2. The highest BCUT2D eigenvalue weighted by atomic mass is 15.6. The van der Waals surface area contributed by atoms with E-state index in [1.165, 1.54) is 5.56 Å². The fraction of sp³-hybridized carbons (Fsp3) is 0.188. The molecule has 1 heterocycles. The maximum Gasteiger partial charge on any atom is 0.204 e. The van der Waals surface area contributed by atoms with Crippen molar-refractivity contribution in [1.29, 1.82) is 0 Å². The Bertz CT molecular complexity index is 688. The van der Waals surface area contributed by atoms with Gasteiger partial charge in [0.25, 0.3) is 0 Å². The van der Waals surface area contributed by atoms with Crippen LogP contribution in [0.4, 0.5) is 5.69 Å². The third kappa shape index (κ3) is 3.45. The van der Waals surface area contributed by atoms with E-state index in [1.807, 2.05) is 42.5 Å². The van der Waals surface area contributed by atoms with Crippen LogP contribution in [0.2, 0.25) is 0 Å². The van der Waals surface area contributed by atoms with Crippen molar-refractivity contribution in [2.75, 3.05) is 5.73 Å². The van der Waals surface area contributed by atoms with Crippen molar-refractivity contribution >= 4 is 5.69 Å². The van der Waals surface area contributed by atoms with Crippen molar-refractivity contribution in [2.45, 2.75) is 19.4 Å². The van der Waals surface area contributed by atoms with Crippen LogP contribution >= 0.6 is 0 Å². The number of nitrogens with two attached hydrogens (primary N) is 1. The monoisotopic (exact) mass is 279 g/mol. The Kier molecular flexibility index (Phi) is 3.91. The molecule has 0 aliphatic heterocycles. The van der Waals surface area contributed by atoms with Gasteiger partial charge in [-0.1, -0.05) is 42.5 Å². The number of anilines is 1. The Labute approximate surface area is 123 Å². The fourth-order valence-electron chi connectivity index (χ4n) is 2.15. The van der Waals surface area contributed by atoms with Gasteiger partial charge in [0.05, 0.1) is 6.54 Å². The highest BCUT2D eigenvalue weighted by Crippen LogP contribution is 2.12. The molecule has 0 radical (unpaired) electrons. The van der Waals surface area contributed by atoms with Crippen molar-refractivity contribution in [2.24, 2.45) is 0 Å². The highest BCUT2D eigenvalue weighted by Gasteiger charge is 2.04. The number of hydrogen-bond acceptors (Lipinski definition) is 4. The first-order valence-electron chi connectivity index (χ1n) is 6.99. The molecule has 2 N–H and O–H groups in total. The zero-order valence-electron chi connectivity index (χ0n) is 11.7. The van der Waals surface area contributed by atoms with Gasteiger partial charge >= 0.3 is 0 Å². The lowest BCUT2D eigenvalue weighted by Gasteiger charge is -2.01. The van der Waals surface area contributed by atoms with Gasteiger partial charge in [0.15, 0.2) is 0 Å². The predicted octanol–water partition coefficient (Wildman–Crippen LogP) is 2.56. The molecule has 5 heteroatoms. The van der Waals surface area contributed by atoms with Crippen LogP contribution < -0.4 is 5.73 Å². The van der Waals surface area contributed by atoms with Crippen LogP contribution in [0.5, 0.6) is 0 Å². The van der Waals surface area contributed by atoms with E-state index in [4.69, 9.17) is 5.73 Å². The molecule has 0 aliphatic carbocycles. The van der Waals surface area contributed by atoms with Crippen molar-refractivity contribution < 1.29 is 0 Å². The lowest BCUT2D eigenvalue weighted by atomic mass is 10.1. The van der Waals surface area contributed by atoms with E-state index < -0.39 is 0 Å². The minimum atomic E-state index is 0.670. The molecule has 0 saturated heterocycles. The van der Waals surface area contributed by atoms with Crippen LogP contribution in [-0.2, 0) is 13.0 Å². The lowest BCUT2D eigenvalue weighted by molar-refractivity contribution is 0.500. The van der Waals surface area contributed by atoms with Gasteiger partial charge in [-0.15, -0.1) is 10.2 Å². The van der Waals surface area contributed by atoms with E-state index in [1.54, 1.807) is 4.80 Å². The molecule has 0 saturated carbocycles. The zero-order chi connectivity index (χ0) is 14.5. The third-order valence-corrected chi connectivity index (χ3v) is 3.29. The third-order valence-electron chi connectivity index (χ3n) is 3.29. The molecule has 3 rings (SSSR count). The summed E-state index contributed by atoms with van der Waals surface area (Å²) in [6.07, 6.45) is 1.94. The first kappa shape index (κ1) is 13.3. The number of nitrogen functional groups attached to an aromatic ring is 1. The molecule has 0 unspecified atom stereocenters. The number of hydrogen-bond donors (Lipinski definition) is 1. The number of nitrogens with zero attached hydrogens (tertiary/aromatic N) is 4. The van der Waals surface area contributed by atoms with Gasteiger partial charge in [-0.25, -0.2) is 0 Å². The fourth-order valence-corrected chi connectivity index (χ4v) is 2.15. The van der Waals surface area contributed by atoms with Gasteiger partial charge in [-0.05, 0) is 35.8 Å². The highest BCUT2D eigenvalue weighted by molar-refractivity contribution is 5.52. The van der Waals surface area contributed by atoms with Crippen molar-refractivity contribution in [3.05, 3.63) is 60.2 Å². The van der Waals surface area contributed by atoms with E-state index in [-0.39, 0.29) is 0 Å². The summed E-state index contributed by atoms with van der Waals surface area (Å²) < 4.78 is 0. The Morgan fingerprint density at radius 3 is 2.48 bits per heavy atom.